The first-order chi connectivity index (χ1) is 10.0. The van der Waals surface area contributed by atoms with Crippen molar-refractivity contribution in [3.8, 4) is 5.75 Å². The van der Waals surface area contributed by atoms with Crippen molar-refractivity contribution in [1.82, 2.24) is 5.32 Å². The smallest absolute Gasteiger partial charge is 0.118 e. The van der Waals surface area contributed by atoms with Crippen molar-refractivity contribution in [2.45, 2.75) is 25.5 Å². The maximum absolute atomic E-state index is 10.6. The normalized spacial score (nSPS) is 15.2. The molecule has 0 amide bonds. The standard InChI is InChI=1S/C18H23NO2/c1-14(15-9-11-17(21-3)12-10-15)19-13-18(2,20)16-7-5-4-6-8-16/h4-12,14,19-20H,13H2,1-3H3/t14-,18?/m1/s1. The molecule has 0 saturated carbocycles. The van der Waals surface area contributed by atoms with Crippen LogP contribution in [0.2, 0.25) is 0 Å². The molecule has 0 spiro atoms. The quantitative estimate of drug-likeness (QED) is 0.856. The lowest BCUT2D eigenvalue weighted by molar-refractivity contribution is 0.0543. The van der Waals surface area contributed by atoms with Crippen LogP contribution in [-0.2, 0) is 5.60 Å². The van der Waals surface area contributed by atoms with E-state index < -0.39 is 5.60 Å². The van der Waals surface area contributed by atoms with Crippen LogP contribution in [0, 0.1) is 0 Å². The Balaban J connectivity index is 1.98. The molecule has 112 valence electrons. The molecule has 0 bridgehead atoms. The SMILES string of the molecule is COc1ccc([C@@H](C)NCC(C)(O)c2ccccc2)cc1. The van der Waals surface area contributed by atoms with Crippen LogP contribution in [0.4, 0.5) is 0 Å². The van der Waals surface area contributed by atoms with Crippen molar-refractivity contribution >= 4 is 0 Å². The number of benzene rings is 2. The summed E-state index contributed by atoms with van der Waals surface area (Å²) in [5, 5.41) is 14.0. The second-order valence-corrected chi connectivity index (χ2v) is 5.52. The number of aliphatic hydroxyl groups is 1. The van der Waals surface area contributed by atoms with Crippen molar-refractivity contribution in [3.05, 3.63) is 65.7 Å². The summed E-state index contributed by atoms with van der Waals surface area (Å²) >= 11 is 0. The lowest BCUT2D eigenvalue weighted by atomic mass is 9.95. The van der Waals surface area contributed by atoms with Gasteiger partial charge in [0.15, 0.2) is 0 Å². The van der Waals surface area contributed by atoms with Gasteiger partial charge in [0.1, 0.15) is 5.75 Å². The van der Waals surface area contributed by atoms with E-state index >= 15 is 0 Å². The van der Waals surface area contributed by atoms with Crippen molar-refractivity contribution in [1.29, 1.82) is 0 Å². The zero-order valence-corrected chi connectivity index (χ0v) is 12.8. The van der Waals surface area contributed by atoms with Gasteiger partial charge in [-0.25, -0.2) is 0 Å². The zero-order valence-electron chi connectivity index (χ0n) is 12.8. The van der Waals surface area contributed by atoms with Gasteiger partial charge < -0.3 is 15.2 Å². The van der Waals surface area contributed by atoms with Crippen molar-refractivity contribution in [3.63, 3.8) is 0 Å². The second kappa shape index (κ2) is 6.74. The number of hydrogen-bond acceptors (Lipinski definition) is 3. The summed E-state index contributed by atoms with van der Waals surface area (Å²) in [6.45, 7) is 4.41. The van der Waals surface area contributed by atoms with Crippen molar-refractivity contribution in [2.75, 3.05) is 13.7 Å². The van der Waals surface area contributed by atoms with E-state index in [4.69, 9.17) is 4.74 Å². The number of methoxy groups -OCH3 is 1. The molecule has 2 aromatic rings. The van der Waals surface area contributed by atoms with E-state index in [-0.39, 0.29) is 6.04 Å². The number of hydrogen-bond donors (Lipinski definition) is 2. The summed E-state index contributed by atoms with van der Waals surface area (Å²) in [6.07, 6.45) is 0. The maximum atomic E-state index is 10.6. The van der Waals surface area contributed by atoms with E-state index in [0.717, 1.165) is 11.3 Å². The van der Waals surface area contributed by atoms with Crippen LogP contribution in [0.1, 0.15) is 31.0 Å². The third-order valence-corrected chi connectivity index (χ3v) is 3.76. The minimum absolute atomic E-state index is 0.158. The molecule has 0 fully saturated rings. The van der Waals surface area contributed by atoms with Crippen LogP contribution in [-0.4, -0.2) is 18.8 Å². The first-order valence-corrected chi connectivity index (χ1v) is 7.18. The molecular formula is C18H23NO2. The number of ether oxygens (including phenoxy) is 1. The van der Waals surface area contributed by atoms with Crippen LogP contribution in [0.15, 0.2) is 54.6 Å². The third kappa shape index (κ3) is 4.06. The van der Waals surface area contributed by atoms with Gasteiger partial charge in [0, 0.05) is 12.6 Å². The van der Waals surface area contributed by atoms with E-state index in [1.165, 1.54) is 5.56 Å². The highest BCUT2D eigenvalue weighted by atomic mass is 16.5. The molecule has 2 atom stereocenters. The Bertz CT molecular complexity index is 549. The molecule has 1 unspecified atom stereocenters. The van der Waals surface area contributed by atoms with Crippen LogP contribution >= 0.6 is 0 Å². The highest BCUT2D eigenvalue weighted by Gasteiger charge is 2.23. The highest BCUT2D eigenvalue weighted by Crippen LogP contribution is 2.22. The lowest BCUT2D eigenvalue weighted by Crippen LogP contribution is -2.36. The Kier molecular flexibility index (Phi) is 4.99. The van der Waals surface area contributed by atoms with Gasteiger partial charge >= 0.3 is 0 Å². The summed E-state index contributed by atoms with van der Waals surface area (Å²) < 4.78 is 5.16. The molecule has 0 radical (unpaired) electrons. The summed E-state index contributed by atoms with van der Waals surface area (Å²) in [7, 11) is 1.66. The van der Waals surface area contributed by atoms with Gasteiger partial charge in [-0.05, 0) is 37.1 Å². The first-order valence-electron chi connectivity index (χ1n) is 7.18. The summed E-state index contributed by atoms with van der Waals surface area (Å²) in [5.41, 5.74) is 1.20. The zero-order chi connectivity index (χ0) is 15.3. The third-order valence-electron chi connectivity index (χ3n) is 3.76. The average molecular weight is 285 g/mol. The molecule has 0 heterocycles. The minimum atomic E-state index is -0.887. The fraction of sp³-hybridized carbons (Fsp3) is 0.333. The second-order valence-electron chi connectivity index (χ2n) is 5.52. The fourth-order valence-corrected chi connectivity index (χ4v) is 2.26. The Morgan fingerprint density at radius 3 is 2.29 bits per heavy atom. The van der Waals surface area contributed by atoms with Gasteiger partial charge in [0.2, 0.25) is 0 Å². The Hall–Kier alpha value is -1.84. The largest absolute Gasteiger partial charge is 0.497 e. The highest BCUT2D eigenvalue weighted by molar-refractivity contribution is 5.29. The predicted molar refractivity (Wildman–Crippen MR) is 85.4 cm³/mol. The average Bonchev–Trinajstić information content (AvgIpc) is 2.53. The van der Waals surface area contributed by atoms with Crippen molar-refractivity contribution in [2.24, 2.45) is 0 Å². The topological polar surface area (TPSA) is 41.5 Å². The molecule has 0 aliphatic rings. The van der Waals surface area contributed by atoms with Crippen LogP contribution in [0.5, 0.6) is 5.75 Å². The van der Waals surface area contributed by atoms with E-state index in [9.17, 15) is 5.11 Å². The summed E-state index contributed by atoms with van der Waals surface area (Å²) in [4.78, 5) is 0. The van der Waals surface area contributed by atoms with Crippen LogP contribution in [0.25, 0.3) is 0 Å². The van der Waals surface area contributed by atoms with Gasteiger partial charge in [-0.1, -0.05) is 42.5 Å². The Morgan fingerprint density at radius 1 is 1.10 bits per heavy atom. The number of nitrogens with one attached hydrogen (secondary N) is 1. The monoisotopic (exact) mass is 285 g/mol. The number of rotatable bonds is 6. The fourth-order valence-electron chi connectivity index (χ4n) is 2.26. The van der Waals surface area contributed by atoms with Crippen LogP contribution in [0.3, 0.4) is 0 Å². The molecule has 0 aromatic heterocycles. The molecule has 0 saturated heterocycles. The van der Waals surface area contributed by atoms with Gasteiger partial charge in [0.25, 0.3) is 0 Å². The Labute approximate surface area is 126 Å². The van der Waals surface area contributed by atoms with Gasteiger partial charge in [-0.15, -0.1) is 0 Å². The predicted octanol–water partition coefficient (Wildman–Crippen LogP) is 3.25. The van der Waals surface area contributed by atoms with E-state index in [0.29, 0.717) is 6.54 Å². The molecule has 21 heavy (non-hydrogen) atoms. The molecule has 2 rings (SSSR count). The van der Waals surface area contributed by atoms with E-state index in [1.807, 2.05) is 61.5 Å². The molecule has 3 heteroatoms. The summed E-state index contributed by atoms with van der Waals surface area (Å²) in [5.74, 6) is 0.849. The Morgan fingerprint density at radius 2 is 1.71 bits per heavy atom. The van der Waals surface area contributed by atoms with Crippen molar-refractivity contribution < 1.29 is 9.84 Å². The molecule has 2 aromatic carbocycles. The maximum Gasteiger partial charge on any atom is 0.118 e. The molecule has 0 aliphatic heterocycles. The minimum Gasteiger partial charge on any atom is -0.497 e. The van der Waals surface area contributed by atoms with Gasteiger partial charge in [0.05, 0.1) is 12.7 Å². The molecule has 3 nitrogen and oxygen atoms in total. The van der Waals surface area contributed by atoms with Crippen LogP contribution < -0.4 is 10.1 Å². The molecular weight excluding hydrogens is 262 g/mol. The lowest BCUT2D eigenvalue weighted by Gasteiger charge is -2.26. The van der Waals surface area contributed by atoms with Gasteiger partial charge in [-0.3, -0.25) is 0 Å². The van der Waals surface area contributed by atoms with Gasteiger partial charge in [-0.2, -0.15) is 0 Å². The van der Waals surface area contributed by atoms with E-state index in [1.54, 1.807) is 7.11 Å². The van der Waals surface area contributed by atoms with E-state index in [2.05, 4.69) is 12.2 Å². The molecule has 0 aliphatic carbocycles. The molecule has 2 N–H and O–H groups in total. The summed E-state index contributed by atoms with van der Waals surface area (Å²) in [6, 6.07) is 17.8. The first kappa shape index (κ1) is 15.5.